The Kier molecular flexibility index (Phi) is 4.42. The molecule has 2 N–H and O–H groups in total. The summed E-state index contributed by atoms with van der Waals surface area (Å²) < 4.78 is 1.10. The smallest absolute Gasteiger partial charge is 0.255 e. The number of halogens is 1. The van der Waals surface area contributed by atoms with Crippen LogP contribution in [-0.4, -0.2) is 13.0 Å². The number of amides is 1. The van der Waals surface area contributed by atoms with Crippen molar-refractivity contribution in [2.75, 3.05) is 17.7 Å². The van der Waals surface area contributed by atoms with E-state index in [0.29, 0.717) is 5.56 Å². The van der Waals surface area contributed by atoms with E-state index in [0.717, 1.165) is 20.5 Å². The Morgan fingerprint density at radius 2 is 1.89 bits per heavy atom. The zero-order chi connectivity index (χ0) is 13.8. The van der Waals surface area contributed by atoms with Crippen molar-refractivity contribution in [1.82, 2.24) is 0 Å². The molecule has 3 nitrogen and oxygen atoms in total. The van der Waals surface area contributed by atoms with Crippen LogP contribution in [-0.2, 0) is 0 Å². The maximum Gasteiger partial charge on any atom is 0.255 e. The van der Waals surface area contributed by atoms with Crippen LogP contribution in [0.2, 0.25) is 0 Å². The van der Waals surface area contributed by atoms with Gasteiger partial charge in [-0.2, -0.15) is 0 Å². The monoisotopic (exact) mass is 366 g/mol. The summed E-state index contributed by atoms with van der Waals surface area (Å²) in [6.45, 7) is 1.94. The molecule has 19 heavy (non-hydrogen) atoms. The van der Waals surface area contributed by atoms with E-state index in [9.17, 15) is 4.79 Å². The Morgan fingerprint density at radius 3 is 2.53 bits per heavy atom. The van der Waals surface area contributed by atoms with Crippen molar-refractivity contribution in [3.05, 3.63) is 57.2 Å². The molecule has 0 bridgehead atoms. The molecule has 0 heterocycles. The highest BCUT2D eigenvalue weighted by atomic mass is 127. The number of rotatable bonds is 3. The molecule has 0 radical (unpaired) electrons. The van der Waals surface area contributed by atoms with Crippen molar-refractivity contribution in [1.29, 1.82) is 0 Å². The predicted octanol–water partition coefficient (Wildman–Crippen LogP) is 3.89. The molecule has 2 aromatic carbocycles. The van der Waals surface area contributed by atoms with Crippen LogP contribution >= 0.6 is 22.6 Å². The summed E-state index contributed by atoms with van der Waals surface area (Å²) in [5.74, 6) is -0.0813. The van der Waals surface area contributed by atoms with Crippen molar-refractivity contribution in [2.24, 2.45) is 0 Å². The molecule has 0 saturated heterocycles. The average molecular weight is 366 g/mol. The molecule has 0 unspecified atom stereocenters. The average Bonchev–Trinajstić information content (AvgIpc) is 2.38. The van der Waals surface area contributed by atoms with Crippen LogP contribution in [0, 0.1) is 10.5 Å². The third-order valence-corrected chi connectivity index (χ3v) is 3.51. The Labute approximate surface area is 126 Å². The molecular formula is C15H15IN2O. The van der Waals surface area contributed by atoms with Crippen LogP contribution in [0.25, 0.3) is 0 Å². The number of carbonyl (C=O) groups excluding carboxylic acids is 1. The summed E-state index contributed by atoms with van der Waals surface area (Å²) in [6.07, 6.45) is 0. The van der Waals surface area contributed by atoms with Crippen molar-refractivity contribution < 1.29 is 4.79 Å². The van der Waals surface area contributed by atoms with Gasteiger partial charge in [-0.15, -0.1) is 0 Å². The fourth-order valence-corrected chi connectivity index (χ4v) is 2.38. The van der Waals surface area contributed by atoms with Gasteiger partial charge in [-0.25, -0.2) is 0 Å². The first kappa shape index (κ1) is 13.9. The van der Waals surface area contributed by atoms with Crippen LogP contribution in [0.1, 0.15) is 15.9 Å². The first-order valence-electron chi connectivity index (χ1n) is 5.95. The van der Waals surface area contributed by atoms with E-state index in [1.54, 1.807) is 0 Å². The van der Waals surface area contributed by atoms with Crippen LogP contribution < -0.4 is 10.6 Å². The van der Waals surface area contributed by atoms with E-state index in [2.05, 4.69) is 33.2 Å². The Morgan fingerprint density at radius 1 is 1.11 bits per heavy atom. The maximum absolute atomic E-state index is 12.2. The second-order valence-electron chi connectivity index (χ2n) is 4.24. The zero-order valence-electron chi connectivity index (χ0n) is 10.8. The van der Waals surface area contributed by atoms with Gasteiger partial charge in [0.25, 0.3) is 5.91 Å². The molecular weight excluding hydrogens is 351 g/mol. The third-order valence-electron chi connectivity index (χ3n) is 2.84. The minimum absolute atomic E-state index is 0.0813. The fourth-order valence-electron chi connectivity index (χ4n) is 1.84. The van der Waals surface area contributed by atoms with Crippen LogP contribution in [0.4, 0.5) is 11.4 Å². The summed E-state index contributed by atoms with van der Waals surface area (Å²) in [7, 11) is 1.86. The van der Waals surface area contributed by atoms with Crippen molar-refractivity contribution in [3.63, 3.8) is 0 Å². The number of carbonyl (C=O) groups is 1. The minimum atomic E-state index is -0.0813. The molecule has 0 saturated carbocycles. The Hall–Kier alpha value is -1.56. The largest absolute Gasteiger partial charge is 0.388 e. The number of aryl methyl sites for hydroxylation is 1. The number of nitrogens with one attached hydrogen (secondary N) is 2. The van der Waals surface area contributed by atoms with Gasteiger partial charge in [0, 0.05) is 27.6 Å². The molecule has 0 aliphatic rings. The van der Waals surface area contributed by atoms with Crippen molar-refractivity contribution >= 4 is 39.9 Å². The number of anilines is 2. The standard InChI is InChI=1S/C15H15IN2O/c1-10-8-12(17-2)6-7-14(10)15(19)18-13-5-3-4-11(16)9-13/h3-9,17H,1-2H3,(H,18,19). The van der Waals surface area contributed by atoms with E-state index in [-0.39, 0.29) is 5.91 Å². The van der Waals surface area contributed by atoms with E-state index in [1.807, 2.05) is 56.4 Å². The van der Waals surface area contributed by atoms with Crippen LogP contribution in [0.3, 0.4) is 0 Å². The summed E-state index contributed by atoms with van der Waals surface area (Å²) in [5, 5.41) is 5.97. The van der Waals surface area contributed by atoms with E-state index < -0.39 is 0 Å². The van der Waals surface area contributed by atoms with Gasteiger partial charge in [0.2, 0.25) is 0 Å². The molecule has 1 amide bonds. The van der Waals surface area contributed by atoms with Crippen molar-refractivity contribution in [3.8, 4) is 0 Å². The topological polar surface area (TPSA) is 41.1 Å². The van der Waals surface area contributed by atoms with Gasteiger partial charge in [-0.1, -0.05) is 6.07 Å². The second-order valence-corrected chi connectivity index (χ2v) is 5.49. The molecule has 4 heteroatoms. The molecule has 0 aliphatic heterocycles. The van der Waals surface area contributed by atoms with Crippen molar-refractivity contribution in [2.45, 2.75) is 6.92 Å². The Balaban J connectivity index is 2.20. The minimum Gasteiger partial charge on any atom is -0.388 e. The molecule has 2 rings (SSSR count). The van der Waals surface area contributed by atoms with Crippen LogP contribution in [0.5, 0.6) is 0 Å². The van der Waals surface area contributed by atoms with Gasteiger partial charge in [-0.05, 0) is 71.5 Å². The quantitative estimate of drug-likeness (QED) is 0.810. The fraction of sp³-hybridized carbons (Fsp3) is 0.133. The highest BCUT2D eigenvalue weighted by Gasteiger charge is 2.09. The third kappa shape index (κ3) is 3.47. The summed E-state index contributed by atoms with van der Waals surface area (Å²) in [4.78, 5) is 12.2. The van der Waals surface area contributed by atoms with E-state index >= 15 is 0 Å². The first-order chi connectivity index (χ1) is 9.10. The molecule has 2 aromatic rings. The lowest BCUT2D eigenvalue weighted by molar-refractivity contribution is 0.102. The van der Waals surface area contributed by atoms with Gasteiger partial charge in [0.15, 0.2) is 0 Å². The molecule has 0 fully saturated rings. The molecule has 0 aromatic heterocycles. The molecule has 0 spiro atoms. The van der Waals surface area contributed by atoms with Gasteiger partial charge in [0.05, 0.1) is 0 Å². The lowest BCUT2D eigenvalue weighted by Crippen LogP contribution is -2.13. The lowest BCUT2D eigenvalue weighted by Gasteiger charge is -2.09. The molecule has 0 aliphatic carbocycles. The second kappa shape index (κ2) is 6.06. The molecule has 98 valence electrons. The first-order valence-corrected chi connectivity index (χ1v) is 7.03. The van der Waals surface area contributed by atoms with Gasteiger partial charge in [0.1, 0.15) is 0 Å². The summed E-state index contributed by atoms with van der Waals surface area (Å²) >= 11 is 2.22. The molecule has 0 atom stereocenters. The summed E-state index contributed by atoms with van der Waals surface area (Å²) in [6, 6.07) is 13.4. The van der Waals surface area contributed by atoms with Gasteiger partial charge in [-0.3, -0.25) is 4.79 Å². The highest BCUT2D eigenvalue weighted by molar-refractivity contribution is 14.1. The number of benzene rings is 2. The lowest BCUT2D eigenvalue weighted by atomic mass is 10.1. The summed E-state index contributed by atoms with van der Waals surface area (Å²) in [5.41, 5.74) is 3.46. The predicted molar refractivity (Wildman–Crippen MR) is 87.8 cm³/mol. The Bertz CT molecular complexity index is 611. The van der Waals surface area contributed by atoms with Gasteiger partial charge >= 0.3 is 0 Å². The zero-order valence-corrected chi connectivity index (χ0v) is 13.0. The number of hydrogen-bond acceptors (Lipinski definition) is 2. The number of hydrogen-bond donors (Lipinski definition) is 2. The normalized spacial score (nSPS) is 10.1. The highest BCUT2D eigenvalue weighted by Crippen LogP contribution is 2.18. The van der Waals surface area contributed by atoms with E-state index in [1.165, 1.54) is 0 Å². The van der Waals surface area contributed by atoms with E-state index in [4.69, 9.17) is 0 Å². The maximum atomic E-state index is 12.2. The van der Waals surface area contributed by atoms with Gasteiger partial charge < -0.3 is 10.6 Å². The van der Waals surface area contributed by atoms with Crippen LogP contribution in [0.15, 0.2) is 42.5 Å². The SMILES string of the molecule is CNc1ccc(C(=O)Nc2cccc(I)c2)c(C)c1.